The number of para-hydroxylation sites is 1. The normalized spacial score (nSPS) is 26.5. The highest BCUT2D eigenvalue weighted by molar-refractivity contribution is 6.02. The Bertz CT molecular complexity index is 931. The number of rotatable bonds is 0. The Balaban J connectivity index is 1.71. The van der Waals surface area contributed by atoms with Crippen LogP contribution in [0.3, 0.4) is 0 Å². The number of alkyl halides is 3. The third-order valence-corrected chi connectivity index (χ3v) is 6.33. The molecule has 134 valence electrons. The first-order valence-electron chi connectivity index (χ1n) is 9.03. The van der Waals surface area contributed by atoms with Gasteiger partial charge in [0.2, 0.25) is 0 Å². The van der Waals surface area contributed by atoms with E-state index in [0.717, 1.165) is 42.0 Å². The summed E-state index contributed by atoms with van der Waals surface area (Å²) in [5.41, 5.74) is 4.27. The van der Waals surface area contributed by atoms with Gasteiger partial charge in [-0.2, -0.15) is 13.2 Å². The molecule has 0 radical (unpaired) electrons. The smallest absolute Gasteiger partial charge is 0.367 e. The van der Waals surface area contributed by atoms with Crippen LogP contribution in [0.2, 0.25) is 0 Å². The number of hydrogen-bond acceptors (Lipinski definition) is 2. The quantitative estimate of drug-likeness (QED) is 0.627. The van der Waals surface area contributed by atoms with Crippen LogP contribution in [0.25, 0.3) is 0 Å². The Labute approximate surface area is 150 Å². The van der Waals surface area contributed by atoms with Gasteiger partial charge in [0.25, 0.3) is 0 Å². The molecule has 2 atom stereocenters. The Hall–Kier alpha value is -2.30. The summed E-state index contributed by atoms with van der Waals surface area (Å²) in [6, 6.07) is 12.6. The average molecular weight is 356 g/mol. The van der Waals surface area contributed by atoms with Crippen molar-refractivity contribution in [2.45, 2.75) is 43.8 Å². The van der Waals surface area contributed by atoms with Gasteiger partial charge in [-0.1, -0.05) is 24.3 Å². The van der Waals surface area contributed by atoms with Gasteiger partial charge in [-0.3, -0.25) is 4.99 Å². The van der Waals surface area contributed by atoms with Crippen LogP contribution in [-0.2, 0) is 18.0 Å². The molecule has 0 saturated carbocycles. The van der Waals surface area contributed by atoms with Crippen molar-refractivity contribution in [2.75, 3.05) is 11.4 Å². The maximum absolute atomic E-state index is 13.2. The van der Waals surface area contributed by atoms with E-state index in [1.165, 1.54) is 17.7 Å². The zero-order valence-corrected chi connectivity index (χ0v) is 14.5. The number of benzene rings is 2. The minimum absolute atomic E-state index is 0.172. The molecule has 5 heteroatoms. The van der Waals surface area contributed by atoms with Gasteiger partial charge in [-0.05, 0) is 55.5 Å². The molecule has 26 heavy (non-hydrogen) atoms. The lowest BCUT2D eigenvalue weighted by molar-refractivity contribution is -0.137. The fraction of sp³-hybridized carbons (Fsp3) is 0.381. The second-order valence-electron chi connectivity index (χ2n) is 7.56. The summed E-state index contributed by atoms with van der Waals surface area (Å²) >= 11 is 0. The molecule has 0 bridgehead atoms. The van der Waals surface area contributed by atoms with Gasteiger partial charge in [0.05, 0.1) is 16.7 Å². The molecule has 0 aromatic heterocycles. The van der Waals surface area contributed by atoms with Crippen LogP contribution in [0.4, 0.5) is 24.5 Å². The summed E-state index contributed by atoms with van der Waals surface area (Å²) in [7, 11) is 0. The topological polar surface area (TPSA) is 15.6 Å². The van der Waals surface area contributed by atoms with E-state index in [2.05, 4.69) is 17.9 Å². The van der Waals surface area contributed by atoms with Crippen molar-refractivity contribution in [2.24, 2.45) is 4.99 Å². The van der Waals surface area contributed by atoms with Crippen LogP contribution in [-0.4, -0.2) is 18.3 Å². The number of aliphatic imine (C=N–C) groups is 1. The number of hydrogen-bond donors (Lipinski definition) is 0. The lowest BCUT2D eigenvalue weighted by atomic mass is 9.65. The Kier molecular flexibility index (Phi) is 3.13. The monoisotopic (exact) mass is 356 g/mol. The zero-order valence-electron chi connectivity index (χ0n) is 14.5. The van der Waals surface area contributed by atoms with E-state index >= 15 is 0 Å². The molecule has 0 amide bonds. The van der Waals surface area contributed by atoms with Gasteiger partial charge in [0, 0.05) is 24.0 Å². The lowest BCUT2D eigenvalue weighted by Crippen LogP contribution is -2.55. The van der Waals surface area contributed by atoms with Crippen LogP contribution in [0, 0.1) is 0 Å². The van der Waals surface area contributed by atoms with Crippen molar-refractivity contribution in [1.29, 1.82) is 0 Å². The van der Waals surface area contributed by atoms with Crippen LogP contribution in [0.1, 0.15) is 36.5 Å². The van der Waals surface area contributed by atoms with Crippen LogP contribution < -0.4 is 4.90 Å². The fourth-order valence-corrected chi connectivity index (χ4v) is 5.21. The molecule has 5 rings (SSSR count). The van der Waals surface area contributed by atoms with E-state index in [4.69, 9.17) is 4.99 Å². The number of nitrogens with zero attached hydrogens (tertiary/aromatic N) is 2. The van der Waals surface area contributed by atoms with Crippen molar-refractivity contribution in [1.82, 2.24) is 0 Å². The zero-order chi connectivity index (χ0) is 18.1. The third kappa shape index (κ3) is 1.97. The van der Waals surface area contributed by atoms with Gasteiger partial charge in [-0.25, -0.2) is 0 Å². The van der Waals surface area contributed by atoms with E-state index in [-0.39, 0.29) is 11.5 Å². The van der Waals surface area contributed by atoms with Crippen molar-refractivity contribution in [3.8, 4) is 0 Å². The molecule has 1 fully saturated rings. The lowest BCUT2D eigenvalue weighted by Gasteiger charge is -2.47. The number of anilines is 1. The fourth-order valence-electron chi connectivity index (χ4n) is 5.21. The summed E-state index contributed by atoms with van der Waals surface area (Å²) in [5.74, 6) is 0. The Morgan fingerprint density at radius 2 is 1.96 bits per heavy atom. The highest BCUT2D eigenvalue weighted by atomic mass is 19.4. The van der Waals surface area contributed by atoms with Crippen molar-refractivity contribution in [3.63, 3.8) is 0 Å². The van der Waals surface area contributed by atoms with Crippen molar-refractivity contribution in [3.05, 3.63) is 59.2 Å². The maximum atomic E-state index is 13.2. The molecule has 0 N–H and O–H groups in total. The Morgan fingerprint density at radius 1 is 1.15 bits per heavy atom. The standard InChI is InChI=1S/C21H19F3N2/c1-13-20(16-5-2-3-6-17(16)25-13)12-14-8-9-15(21(22,23)24)11-18(14)26-10-4-7-19(20)26/h2-3,5-6,8-9,11,19H,4,7,10,12H2,1H3. The Morgan fingerprint density at radius 3 is 2.77 bits per heavy atom. The summed E-state index contributed by atoms with van der Waals surface area (Å²) in [6.45, 7) is 2.88. The number of fused-ring (bicyclic) bond motifs is 6. The third-order valence-electron chi connectivity index (χ3n) is 6.33. The van der Waals surface area contributed by atoms with E-state index < -0.39 is 11.7 Å². The maximum Gasteiger partial charge on any atom is 0.416 e. The molecule has 3 aliphatic rings. The molecule has 3 heterocycles. The van der Waals surface area contributed by atoms with Gasteiger partial charge in [0.1, 0.15) is 0 Å². The first-order chi connectivity index (χ1) is 12.4. The molecule has 2 aromatic rings. The molecule has 3 aliphatic heterocycles. The second-order valence-corrected chi connectivity index (χ2v) is 7.56. The molecule has 2 unspecified atom stereocenters. The highest BCUT2D eigenvalue weighted by Gasteiger charge is 2.54. The molecular formula is C21H19F3N2. The van der Waals surface area contributed by atoms with Gasteiger partial charge < -0.3 is 4.90 Å². The predicted molar refractivity (Wildman–Crippen MR) is 96.4 cm³/mol. The second kappa shape index (κ2) is 5.12. The molecule has 1 spiro atoms. The average Bonchev–Trinajstić information content (AvgIpc) is 3.19. The van der Waals surface area contributed by atoms with Crippen molar-refractivity contribution >= 4 is 17.1 Å². The molecule has 2 aromatic carbocycles. The van der Waals surface area contributed by atoms with Crippen LogP contribution >= 0.6 is 0 Å². The number of halogens is 3. The SMILES string of the molecule is CC1=Nc2ccccc2C12Cc1ccc(C(F)(F)F)cc1N1CCCC12. The van der Waals surface area contributed by atoms with Gasteiger partial charge in [-0.15, -0.1) is 0 Å². The summed E-state index contributed by atoms with van der Waals surface area (Å²) < 4.78 is 39.7. The van der Waals surface area contributed by atoms with Crippen LogP contribution in [0.15, 0.2) is 47.5 Å². The first-order valence-corrected chi connectivity index (χ1v) is 9.03. The predicted octanol–water partition coefficient (Wildman–Crippen LogP) is 5.27. The minimum Gasteiger partial charge on any atom is -0.367 e. The molecule has 1 saturated heterocycles. The van der Waals surface area contributed by atoms with Crippen molar-refractivity contribution < 1.29 is 13.2 Å². The molecule has 0 aliphatic carbocycles. The van der Waals surface area contributed by atoms with Gasteiger partial charge in [0.15, 0.2) is 0 Å². The minimum atomic E-state index is -4.31. The summed E-state index contributed by atoms with van der Waals surface area (Å²) in [6.07, 6.45) is -1.61. The van der Waals surface area contributed by atoms with E-state index in [1.54, 1.807) is 6.07 Å². The molecular weight excluding hydrogens is 337 g/mol. The van der Waals surface area contributed by atoms with E-state index in [1.807, 2.05) is 18.2 Å². The summed E-state index contributed by atoms with van der Waals surface area (Å²) in [4.78, 5) is 7.03. The van der Waals surface area contributed by atoms with E-state index in [9.17, 15) is 13.2 Å². The summed E-state index contributed by atoms with van der Waals surface area (Å²) in [5, 5.41) is 0. The van der Waals surface area contributed by atoms with E-state index in [0.29, 0.717) is 6.42 Å². The van der Waals surface area contributed by atoms with Crippen LogP contribution in [0.5, 0.6) is 0 Å². The first kappa shape index (κ1) is 15.9. The van der Waals surface area contributed by atoms with Gasteiger partial charge >= 0.3 is 6.18 Å². The molecule has 2 nitrogen and oxygen atoms in total. The largest absolute Gasteiger partial charge is 0.416 e. The highest BCUT2D eigenvalue weighted by Crippen LogP contribution is 2.53.